The largest absolute Gasteiger partial charge is 0.398 e. The van der Waals surface area contributed by atoms with Gasteiger partial charge in [-0.25, -0.2) is 0 Å². The van der Waals surface area contributed by atoms with Crippen LogP contribution in [0.4, 0.5) is 5.69 Å². The fourth-order valence-electron chi connectivity index (χ4n) is 2.55. The number of nitrogens with two attached hydrogens (primary N) is 1. The van der Waals surface area contributed by atoms with Crippen LogP contribution in [0.15, 0.2) is 30.3 Å². The van der Waals surface area contributed by atoms with E-state index in [1.165, 1.54) is 33.4 Å². The lowest BCUT2D eigenvalue weighted by molar-refractivity contribution is 1.24. The van der Waals surface area contributed by atoms with Crippen molar-refractivity contribution in [2.75, 3.05) is 5.73 Å². The van der Waals surface area contributed by atoms with Crippen molar-refractivity contribution >= 4 is 5.69 Å². The van der Waals surface area contributed by atoms with Crippen LogP contribution in [0.1, 0.15) is 22.3 Å². The summed E-state index contributed by atoms with van der Waals surface area (Å²) in [5, 5.41) is 0. The monoisotopic (exact) mass is 209 g/mol. The molecule has 0 amide bonds. The zero-order chi connectivity index (χ0) is 11.3. The molecule has 1 aliphatic carbocycles. The first-order valence-corrected chi connectivity index (χ1v) is 5.65. The Morgan fingerprint density at radius 1 is 1.06 bits per heavy atom. The van der Waals surface area contributed by atoms with E-state index in [2.05, 4.69) is 44.2 Å². The van der Waals surface area contributed by atoms with E-state index in [0.29, 0.717) is 0 Å². The first kappa shape index (κ1) is 9.46. The highest BCUT2D eigenvalue weighted by molar-refractivity contribution is 5.83. The molecule has 0 saturated carbocycles. The third-order valence-corrected chi connectivity index (χ3v) is 3.68. The molecular weight excluding hydrogens is 194 g/mol. The van der Waals surface area contributed by atoms with E-state index < -0.39 is 0 Å². The summed E-state index contributed by atoms with van der Waals surface area (Å²) in [6.07, 6.45) is 0.985. The van der Waals surface area contributed by atoms with Gasteiger partial charge in [0, 0.05) is 12.1 Å². The summed E-state index contributed by atoms with van der Waals surface area (Å²) in [5.74, 6) is 0. The number of aryl methyl sites for hydroxylation is 1. The van der Waals surface area contributed by atoms with E-state index in [1.807, 2.05) is 0 Å². The number of nitrogen functional groups attached to an aromatic ring is 1. The highest BCUT2D eigenvalue weighted by atomic mass is 14.6. The number of rotatable bonds is 0. The van der Waals surface area contributed by atoms with Crippen LogP contribution in [0, 0.1) is 13.8 Å². The van der Waals surface area contributed by atoms with Crippen LogP contribution in [0.25, 0.3) is 11.1 Å². The average molecular weight is 209 g/mol. The summed E-state index contributed by atoms with van der Waals surface area (Å²) >= 11 is 0. The molecule has 0 heterocycles. The third kappa shape index (κ3) is 1.12. The molecule has 0 aliphatic heterocycles. The van der Waals surface area contributed by atoms with Crippen LogP contribution in [0.3, 0.4) is 0 Å². The highest BCUT2D eigenvalue weighted by Gasteiger charge is 2.21. The van der Waals surface area contributed by atoms with Crippen molar-refractivity contribution in [1.82, 2.24) is 0 Å². The first-order chi connectivity index (χ1) is 7.68. The van der Waals surface area contributed by atoms with Crippen molar-refractivity contribution in [3.8, 4) is 11.1 Å². The minimum absolute atomic E-state index is 0.978. The Labute approximate surface area is 95.9 Å². The van der Waals surface area contributed by atoms with E-state index in [1.54, 1.807) is 0 Å². The van der Waals surface area contributed by atoms with Crippen LogP contribution in [0.5, 0.6) is 0 Å². The molecule has 0 saturated heterocycles. The highest BCUT2D eigenvalue weighted by Crippen LogP contribution is 2.41. The molecule has 1 aliphatic rings. The number of hydrogen-bond donors (Lipinski definition) is 1. The van der Waals surface area contributed by atoms with Gasteiger partial charge in [0.15, 0.2) is 0 Å². The summed E-state index contributed by atoms with van der Waals surface area (Å²) in [5.41, 5.74) is 15.1. The first-order valence-electron chi connectivity index (χ1n) is 5.65. The lowest BCUT2D eigenvalue weighted by Crippen LogP contribution is -1.98. The molecule has 80 valence electrons. The zero-order valence-corrected chi connectivity index (χ0v) is 9.67. The minimum Gasteiger partial charge on any atom is -0.398 e. The molecule has 0 radical (unpaired) electrons. The second kappa shape index (κ2) is 3.11. The molecule has 1 heteroatoms. The molecule has 16 heavy (non-hydrogen) atoms. The molecule has 0 bridgehead atoms. The molecule has 0 unspecified atom stereocenters. The molecule has 2 aromatic carbocycles. The number of benzene rings is 2. The number of hydrogen-bond acceptors (Lipinski definition) is 1. The van der Waals surface area contributed by atoms with Gasteiger partial charge in [0.05, 0.1) is 0 Å². The lowest BCUT2D eigenvalue weighted by Gasteiger charge is -2.10. The Hall–Kier alpha value is -1.76. The molecule has 1 nitrogen and oxygen atoms in total. The van der Waals surface area contributed by atoms with Crippen molar-refractivity contribution in [1.29, 1.82) is 0 Å². The Morgan fingerprint density at radius 2 is 1.81 bits per heavy atom. The normalized spacial score (nSPS) is 12.4. The smallest absolute Gasteiger partial charge is 0.0388 e. The molecule has 2 N–H and O–H groups in total. The van der Waals surface area contributed by atoms with Crippen molar-refractivity contribution in [3.05, 3.63) is 52.6 Å². The van der Waals surface area contributed by atoms with Gasteiger partial charge in [0.2, 0.25) is 0 Å². The summed E-state index contributed by atoms with van der Waals surface area (Å²) in [4.78, 5) is 0. The summed E-state index contributed by atoms with van der Waals surface area (Å²) in [7, 11) is 0. The van der Waals surface area contributed by atoms with Crippen LogP contribution in [0.2, 0.25) is 0 Å². The van der Waals surface area contributed by atoms with Crippen LogP contribution < -0.4 is 5.73 Å². The summed E-state index contributed by atoms with van der Waals surface area (Å²) in [6.45, 7) is 4.24. The van der Waals surface area contributed by atoms with Gasteiger partial charge in [-0.15, -0.1) is 0 Å². The standard InChI is InChI=1S/C15H15N/c1-9-7-13-12-6-4-3-5-11(12)8-14(13)15(16)10(9)2/h3-7H,8,16H2,1-2H3. The van der Waals surface area contributed by atoms with E-state index >= 15 is 0 Å². The van der Waals surface area contributed by atoms with Crippen LogP contribution in [-0.2, 0) is 6.42 Å². The van der Waals surface area contributed by atoms with Crippen molar-refractivity contribution in [2.45, 2.75) is 20.3 Å². The number of fused-ring (bicyclic) bond motifs is 3. The van der Waals surface area contributed by atoms with E-state index in [-0.39, 0.29) is 0 Å². The Morgan fingerprint density at radius 3 is 2.62 bits per heavy atom. The van der Waals surface area contributed by atoms with E-state index in [9.17, 15) is 0 Å². The topological polar surface area (TPSA) is 26.0 Å². The van der Waals surface area contributed by atoms with Crippen molar-refractivity contribution < 1.29 is 0 Å². The predicted octanol–water partition coefficient (Wildman–Crippen LogP) is 3.46. The molecule has 3 rings (SSSR count). The molecular formula is C15H15N. The van der Waals surface area contributed by atoms with Gasteiger partial charge < -0.3 is 5.73 Å². The van der Waals surface area contributed by atoms with E-state index in [4.69, 9.17) is 5.73 Å². The Kier molecular flexibility index (Phi) is 1.84. The Balaban J connectivity index is 2.34. The summed E-state index contributed by atoms with van der Waals surface area (Å²) in [6, 6.07) is 10.8. The van der Waals surface area contributed by atoms with Gasteiger partial charge in [-0.05, 0) is 47.2 Å². The van der Waals surface area contributed by atoms with Gasteiger partial charge in [-0.1, -0.05) is 30.3 Å². The maximum atomic E-state index is 6.21. The molecule has 0 spiro atoms. The van der Waals surface area contributed by atoms with Crippen LogP contribution >= 0.6 is 0 Å². The van der Waals surface area contributed by atoms with Crippen molar-refractivity contribution in [2.24, 2.45) is 0 Å². The Bertz CT molecular complexity index is 582. The SMILES string of the molecule is Cc1cc2c(c(N)c1C)Cc1ccccc1-2. The fourth-order valence-corrected chi connectivity index (χ4v) is 2.55. The predicted molar refractivity (Wildman–Crippen MR) is 68.6 cm³/mol. The molecule has 0 fully saturated rings. The van der Waals surface area contributed by atoms with Gasteiger partial charge in [0.1, 0.15) is 0 Å². The quantitative estimate of drug-likeness (QED) is 0.564. The minimum atomic E-state index is 0.978. The third-order valence-electron chi connectivity index (χ3n) is 3.68. The maximum Gasteiger partial charge on any atom is 0.0388 e. The fraction of sp³-hybridized carbons (Fsp3) is 0.200. The average Bonchev–Trinajstić information content (AvgIpc) is 2.65. The zero-order valence-electron chi connectivity index (χ0n) is 9.67. The van der Waals surface area contributed by atoms with Gasteiger partial charge >= 0.3 is 0 Å². The second-order valence-electron chi connectivity index (χ2n) is 4.59. The second-order valence-corrected chi connectivity index (χ2v) is 4.59. The molecule has 0 aromatic heterocycles. The lowest BCUT2D eigenvalue weighted by atomic mass is 9.97. The van der Waals surface area contributed by atoms with E-state index in [0.717, 1.165) is 12.1 Å². The maximum absolute atomic E-state index is 6.21. The summed E-state index contributed by atoms with van der Waals surface area (Å²) < 4.78 is 0. The number of anilines is 1. The van der Waals surface area contributed by atoms with Gasteiger partial charge in [0.25, 0.3) is 0 Å². The van der Waals surface area contributed by atoms with Crippen molar-refractivity contribution in [3.63, 3.8) is 0 Å². The van der Waals surface area contributed by atoms with Crippen LogP contribution in [-0.4, -0.2) is 0 Å². The molecule has 2 aromatic rings. The van der Waals surface area contributed by atoms with Gasteiger partial charge in [-0.3, -0.25) is 0 Å². The molecule has 0 atom stereocenters. The van der Waals surface area contributed by atoms with Gasteiger partial charge in [-0.2, -0.15) is 0 Å².